The van der Waals surface area contributed by atoms with Crippen LogP contribution in [0.5, 0.6) is 0 Å². The van der Waals surface area contributed by atoms with Gasteiger partial charge in [0.1, 0.15) is 17.3 Å². The fraction of sp³-hybridized carbons (Fsp3) is 0.273. The number of halogens is 4. The lowest BCUT2D eigenvalue weighted by Crippen LogP contribution is -2.43. The third kappa shape index (κ3) is 4.49. The second kappa shape index (κ2) is 9.21. The summed E-state index contributed by atoms with van der Waals surface area (Å²) in [6.45, 7) is 3.14. The van der Waals surface area contributed by atoms with Crippen LogP contribution in [0.2, 0.25) is 0 Å². The van der Waals surface area contributed by atoms with Gasteiger partial charge in [-0.25, -0.2) is 13.5 Å². The number of hydrogen-bond donors (Lipinski definition) is 1. The fourth-order valence-electron chi connectivity index (χ4n) is 3.76. The van der Waals surface area contributed by atoms with Crippen LogP contribution in [-0.2, 0) is 6.54 Å². The van der Waals surface area contributed by atoms with Crippen molar-refractivity contribution in [1.29, 1.82) is 0 Å². The quantitative estimate of drug-likeness (QED) is 0.428. The molecule has 176 valence electrons. The maximum atomic E-state index is 14.7. The van der Waals surface area contributed by atoms with Crippen molar-refractivity contribution in [3.63, 3.8) is 0 Å². The first-order chi connectivity index (χ1) is 16.5. The van der Waals surface area contributed by atoms with Gasteiger partial charge in [0.2, 0.25) is 5.89 Å². The molecule has 0 aliphatic carbocycles. The first kappa shape index (κ1) is 22.0. The van der Waals surface area contributed by atoms with Crippen LogP contribution in [0, 0.1) is 11.6 Å². The van der Waals surface area contributed by atoms with Gasteiger partial charge in [-0.05, 0) is 24.3 Å². The molecule has 1 saturated heterocycles. The highest BCUT2D eigenvalue weighted by Gasteiger charge is 2.19. The number of aromatic nitrogens is 5. The minimum Gasteiger partial charge on any atom is -0.415 e. The second-order valence-corrected chi connectivity index (χ2v) is 7.76. The van der Waals surface area contributed by atoms with Crippen LogP contribution in [0.15, 0.2) is 47.0 Å². The summed E-state index contributed by atoms with van der Waals surface area (Å²) < 4.78 is 60.9. The molecule has 3 heterocycles. The average Bonchev–Trinajstić information content (AvgIpc) is 3.51. The molecular formula is C22H19F4N7O. The van der Waals surface area contributed by atoms with Gasteiger partial charge in [-0.1, -0.05) is 17.3 Å². The minimum atomic E-state index is -2.90. The summed E-state index contributed by atoms with van der Waals surface area (Å²) in [7, 11) is 0. The molecular weight excluding hydrogens is 454 g/mol. The number of hydrogen-bond acceptors (Lipinski definition) is 7. The molecule has 2 aromatic carbocycles. The number of anilines is 1. The van der Waals surface area contributed by atoms with Gasteiger partial charge >= 0.3 is 6.43 Å². The van der Waals surface area contributed by atoms with Gasteiger partial charge in [0.05, 0.1) is 18.4 Å². The van der Waals surface area contributed by atoms with E-state index >= 15 is 0 Å². The van der Waals surface area contributed by atoms with Gasteiger partial charge in [-0.3, -0.25) is 0 Å². The molecule has 0 atom stereocenters. The van der Waals surface area contributed by atoms with Gasteiger partial charge in [0.25, 0.3) is 5.89 Å². The van der Waals surface area contributed by atoms with E-state index in [0.29, 0.717) is 16.9 Å². The monoisotopic (exact) mass is 473 g/mol. The Hall–Kier alpha value is -3.80. The van der Waals surface area contributed by atoms with Gasteiger partial charge < -0.3 is 14.6 Å². The number of rotatable bonds is 6. The van der Waals surface area contributed by atoms with E-state index < -0.39 is 18.1 Å². The summed E-state index contributed by atoms with van der Waals surface area (Å²) in [6.07, 6.45) is -1.31. The van der Waals surface area contributed by atoms with E-state index in [2.05, 4.69) is 25.8 Å². The zero-order valence-electron chi connectivity index (χ0n) is 17.8. The highest BCUT2D eigenvalue weighted by atomic mass is 19.3. The molecule has 0 saturated carbocycles. The first-order valence-corrected chi connectivity index (χ1v) is 10.5. The Balaban J connectivity index is 1.31. The summed E-state index contributed by atoms with van der Waals surface area (Å²) in [4.78, 5) is 1.99. The van der Waals surface area contributed by atoms with E-state index in [0.717, 1.165) is 32.2 Å². The highest BCUT2D eigenvalue weighted by Crippen LogP contribution is 2.27. The highest BCUT2D eigenvalue weighted by molar-refractivity contribution is 5.63. The topological polar surface area (TPSA) is 84.9 Å². The molecule has 0 radical (unpaired) electrons. The Labute approximate surface area is 191 Å². The zero-order chi connectivity index (χ0) is 23.7. The molecule has 0 unspecified atom stereocenters. The predicted molar refractivity (Wildman–Crippen MR) is 114 cm³/mol. The molecule has 12 heteroatoms. The van der Waals surface area contributed by atoms with Gasteiger partial charge in [-0.15, -0.1) is 15.3 Å². The normalized spacial score (nSPS) is 14.2. The van der Waals surface area contributed by atoms with Gasteiger partial charge in [0, 0.05) is 42.9 Å². The van der Waals surface area contributed by atoms with Gasteiger partial charge in [0.15, 0.2) is 0 Å². The maximum absolute atomic E-state index is 14.7. The number of piperazine rings is 1. The first-order valence-electron chi connectivity index (χ1n) is 10.5. The Morgan fingerprint density at radius 2 is 1.71 bits per heavy atom. The van der Waals surface area contributed by atoms with Crippen LogP contribution in [0.4, 0.5) is 23.2 Å². The van der Waals surface area contributed by atoms with Crippen LogP contribution in [0.25, 0.3) is 22.7 Å². The average molecular weight is 473 g/mol. The van der Waals surface area contributed by atoms with Crippen molar-refractivity contribution < 1.29 is 22.0 Å². The summed E-state index contributed by atoms with van der Waals surface area (Å²) in [5.74, 6) is -1.97. The number of nitrogens with one attached hydrogen (secondary N) is 1. The summed E-state index contributed by atoms with van der Waals surface area (Å²) in [5, 5.41) is 18.1. The second-order valence-electron chi connectivity index (χ2n) is 7.76. The van der Waals surface area contributed by atoms with E-state index in [9.17, 15) is 17.6 Å². The summed E-state index contributed by atoms with van der Waals surface area (Å²) >= 11 is 0. The van der Waals surface area contributed by atoms with Crippen molar-refractivity contribution in [2.24, 2.45) is 0 Å². The van der Waals surface area contributed by atoms with Crippen LogP contribution in [-0.4, -0.2) is 51.4 Å². The Kier molecular flexibility index (Phi) is 5.97. The van der Waals surface area contributed by atoms with Gasteiger partial charge in [-0.2, -0.15) is 8.78 Å². The molecule has 1 aliphatic rings. The lowest BCUT2D eigenvalue weighted by Gasteiger charge is -2.29. The van der Waals surface area contributed by atoms with E-state index in [4.69, 9.17) is 4.42 Å². The van der Waals surface area contributed by atoms with Crippen LogP contribution < -0.4 is 10.2 Å². The molecule has 0 bridgehead atoms. The lowest BCUT2D eigenvalue weighted by atomic mass is 10.1. The minimum absolute atomic E-state index is 0.0621. The van der Waals surface area contributed by atoms with Crippen molar-refractivity contribution in [2.75, 3.05) is 31.1 Å². The van der Waals surface area contributed by atoms with E-state index in [1.54, 1.807) is 18.3 Å². The van der Waals surface area contributed by atoms with Crippen molar-refractivity contribution in [3.8, 4) is 22.7 Å². The summed E-state index contributed by atoms with van der Waals surface area (Å²) in [5.41, 5.74) is 2.02. The predicted octanol–water partition coefficient (Wildman–Crippen LogP) is 3.67. The van der Waals surface area contributed by atoms with Crippen molar-refractivity contribution in [2.45, 2.75) is 13.0 Å². The number of nitrogens with zero attached hydrogens (tertiary/aromatic N) is 6. The van der Waals surface area contributed by atoms with E-state index in [1.807, 2.05) is 4.90 Å². The SMILES string of the molecule is Fc1cc(-c2nnc(C(F)F)o2)ccc1Cn1cc(-c2ccc(N3CCNCC3)c(F)c2)nn1. The molecule has 2 aromatic heterocycles. The largest absolute Gasteiger partial charge is 0.415 e. The van der Waals surface area contributed by atoms with Crippen LogP contribution >= 0.6 is 0 Å². The fourth-order valence-corrected chi connectivity index (χ4v) is 3.76. The van der Waals surface area contributed by atoms with Crippen molar-refractivity contribution in [3.05, 3.63) is 65.7 Å². The standard InChI is InChI=1S/C22H19F4N7O/c23-16-10-14(21-29-30-22(34-21)20(25)26)1-2-15(16)11-33-12-18(28-31-33)13-3-4-19(17(24)9-13)32-7-5-27-6-8-32/h1-4,9-10,12,20,27H,5-8,11H2. The maximum Gasteiger partial charge on any atom is 0.314 e. The molecule has 0 spiro atoms. The molecule has 1 fully saturated rings. The van der Waals surface area contributed by atoms with Crippen LogP contribution in [0.3, 0.4) is 0 Å². The molecule has 0 amide bonds. The lowest BCUT2D eigenvalue weighted by molar-refractivity contribution is 0.116. The van der Waals surface area contributed by atoms with Crippen LogP contribution in [0.1, 0.15) is 17.9 Å². The van der Waals surface area contributed by atoms with Crippen molar-refractivity contribution in [1.82, 2.24) is 30.5 Å². The molecule has 34 heavy (non-hydrogen) atoms. The molecule has 1 aliphatic heterocycles. The smallest absolute Gasteiger partial charge is 0.314 e. The van der Waals surface area contributed by atoms with E-state index in [-0.39, 0.29) is 29.4 Å². The molecule has 8 nitrogen and oxygen atoms in total. The van der Waals surface area contributed by atoms with Crippen molar-refractivity contribution >= 4 is 5.69 Å². The molecule has 4 aromatic rings. The number of benzene rings is 2. The zero-order valence-corrected chi connectivity index (χ0v) is 17.8. The molecule has 1 N–H and O–H groups in total. The third-order valence-corrected chi connectivity index (χ3v) is 5.50. The molecule has 5 rings (SSSR count). The Morgan fingerprint density at radius 3 is 2.41 bits per heavy atom. The Bertz CT molecular complexity index is 1300. The summed E-state index contributed by atoms with van der Waals surface area (Å²) in [6, 6.07) is 9.01. The Morgan fingerprint density at radius 1 is 0.941 bits per heavy atom. The number of alkyl halides is 2. The van der Waals surface area contributed by atoms with E-state index in [1.165, 1.54) is 22.9 Å². The third-order valence-electron chi connectivity index (χ3n) is 5.50.